The van der Waals surface area contributed by atoms with E-state index in [9.17, 15) is 9.59 Å². The molecule has 2 heterocycles. The zero-order chi connectivity index (χ0) is 16.6. The molecule has 1 aliphatic heterocycles. The van der Waals surface area contributed by atoms with E-state index >= 15 is 0 Å². The lowest BCUT2D eigenvalue weighted by Crippen LogP contribution is -2.28. The minimum Gasteiger partial charge on any atom is -0.311 e. The molecule has 1 aliphatic rings. The van der Waals surface area contributed by atoms with Crippen LogP contribution in [0.2, 0.25) is 0 Å². The molecule has 0 saturated carbocycles. The first kappa shape index (κ1) is 15.7. The molecule has 1 saturated heterocycles. The first-order valence-corrected chi connectivity index (χ1v) is 8.10. The van der Waals surface area contributed by atoms with Crippen molar-refractivity contribution in [2.24, 2.45) is 13.0 Å². The average Bonchev–Trinajstić information content (AvgIpc) is 3.05. The van der Waals surface area contributed by atoms with Gasteiger partial charge in [-0.15, -0.1) is 0 Å². The summed E-state index contributed by atoms with van der Waals surface area (Å²) >= 11 is 3.42. The fraction of sp³-hybridized carbons (Fsp3) is 0.312. The molecule has 0 spiro atoms. The van der Waals surface area contributed by atoms with Crippen LogP contribution in [0.3, 0.4) is 0 Å². The van der Waals surface area contributed by atoms with Crippen LogP contribution in [-0.2, 0) is 16.6 Å². The van der Waals surface area contributed by atoms with Crippen molar-refractivity contribution in [1.82, 2.24) is 9.78 Å². The van der Waals surface area contributed by atoms with Gasteiger partial charge >= 0.3 is 0 Å². The lowest BCUT2D eigenvalue weighted by Gasteiger charge is -2.19. The van der Waals surface area contributed by atoms with Crippen LogP contribution in [0, 0.1) is 12.8 Å². The number of halogens is 1. The predicted molar refractivity (Wildman–Crippen MR) is 91.2 cm³/mol. The van der Waals surface area contributed by atoms with Crippen molar-refractivity contribution in [3.63, 3.8) is 0 Å². The number of carbonyl (C=O) groups is 2. The number of amides is 2. The first-order valence-electron chi connectivity index (χ1n) is 7.31. The highest BCUT2D eigenvalue weighted by Crippen LogP contribution is 2.30. The Bertz CT molecular complexity index is 771. The molecule has 0 bridgehead atoms. The molecule has 1 N–H and O–H groups in total. The average molecular weight is 377 g/mol. The highest BCUT2D eigenvalue weighted by molar-refractivity contribution is 9.10. The standard InChI is InChI=1S/C16H17BrN4O2/c1-10-7-12(17)3-4-13(10)21-9-11(8-15(21)22)16(23)18-14-5-6-20(2)19-14/h3-7,11H,8-9H2,1-2H3,(H,18,19,23). The van der Waals surface area contributed by atoms with Crippen molar-refractivity contribution in [2.75, 3.05) is 16.8 Å². The second kappa shape index (κ2) is 6.16. The summed E-state index contributed by atoms with van der Waals surface area (Å²) in [5.41, 5.74) is 1.85. The van der Waals surface area contributed by atoms with E-state index in [1.54, 1.807) is 28.9 Å². The van der Waals surface area contributed by atoms with E-state index in [1.165, 1.54) is 0 Å². The molecule has 1 fully saturated rings. The monoisotopic (exact) mass is 376 g/mol. The zero-order valence-corrected chi connectivity index (χ0v) is 14.5. The summed E-state index contributed by atoms with van der Waals surface area (Å²) in [4.78, 5) is 26.3. The van der Waals surface area contributed by atoms with Gasteiger partial charge in [-0.1, -0.05) is 15.9 Å². The Labute approximate surface area is 142 Å². The Morgan fingerprint density at radius 2 is 2.17 bits per heavy atom. The molecule has 1 aromatic carbocycles. The van der Waals surface area contributed by atoms with Crippen LogP contribution in [0.25, 0.3) is 0 Å². The van der Waals surface area contributed by atoms with Gasteiger partial charge in [0.15, 0.2) is 5.82 Å². The highest BCUT2D eigenvalue weighted by atomic mass is 79.9. The molecule has 2 amide bonds. The van der Waals surface area contributed by atoms with Crippen molar-refractivity contribution in [3.05, 3.63) is 40.5 Å². The van der Waals surface area contributed by atoms with Gasteiger partial charge in [-0.25, -0.2) is 0 Å². The third-order valence-electron chi connectivity index (χ3n) is 3.91. The second-order valence-corrected chi connectivity index (χ2v) is 6.62. The normalized spacial score (nSPS) is 17.6. The number of rotatable bonds is 3. The van der Waals surface area contributed by atoms with Crippen molar-refractivity contribution in [3.8, 4) is 0 Å². The molecule has 23 heavy (non-hydrogen) atoms. The van der Waals surface area contributed by atoms with E-state index in [0.29, 0.717) is 12.4 Å². The van der Waals surface area contributed by atoms with Crippen LogP contribution in [0.5, 0.6) is 0 Å². The Hall–Kier alpha value is -2.15. The summed E-state index contributed by atoms with van der Waals surface area (Å²) < 4.78 is 2.59. The fourth-order valence-electron chi connectivity index (χ4n) is 2.75. The van der Waals surface area contributed by atoms with Gasteiger partial charge < -0.3 is 10.2 Å². The molecular weight excluding hydrogens is 360 g/mol. The maximum Gasteiger partial charge on any atom is 0.231 e. The third kappa shape index (κ3) is 3.29. The fourth-order valence-corrected chi connectivity index (χ4v) is 3.22. The minimum atomic E-state index is -0.368. The number of benzene rings is 1. The van der Waals surface area contributed by atoms with E-state index < -0.39 is 0 Å². The molecule has 0 radical (unpaired) electrons. The molecule has 2 aromatic rings. The number of anilines is 2. The van der Waals surface area contributed by atoms with Crippen LogP contribution in [0.15, 0.2) is 34.9 Å². The Morgan fingerprint density at radius 1 is 1.39 bits per heavy atom. The van der Waals surface area contributed by atoms with Crippen LogP contribution < -0.4 is 10.2 Å². The summed E-state index contributed by atoms with van der Waals surface area (Å²) in [6.45, 7) is 2.34. The van der Waals surface area contributed by atoms with Gasteiger partial charge in [0.1, 0.15) is 0 Å². The number of aromatic nitrogens is 2. The van der Waals surface area contributed by atoms with Gasteiger partial charge in [0, 0.05) is 42.4 Å². The molecule has 120 valence electrons. The summed E-state index contributed by atoms with van der Waals surface area (Å²) in [6, 6.07) is 7.49. The number of hydrogen-bond acceptors (Lipinski definition) is 3. The van der Waals surface area contributed by atoms with Crippen LogP contribution in [0.1, 0.15) is 12.0 Å². The molecule has 1 unspecified atom stereocenters. The van der Waals surface area contributed by atoms with E-state index in [0.717, 1.165) is 15.7 Å². The maximum atomic E-state index is 12.3. The summed E-state index contributed by atoms with van der Waals surface area (Å²) in [7, 11) is 1.78. The number of nitrogens with zero attached hydrogens (tertiary/aromatic N) is 3. The topological polar surface area (TPSA) is 67.2 Å². The highest BCUT2D eigenvalue weighted by Gasteiger charge is 2.35. The third-order valence-corrected chi connectivity index (χ3v) is 4.40. The molecule has 1 aromatic heterocycles. The van der Waals surface area contributed by atoms with Gasteiger partial charge in [0.25, 0.3) is 0 Å². The lowest BCUT2D eigenvalue weighted by molar-refractivity contribution is -0.122. The van der Waals surface area contributed by atoms with E-state index in [1.807, 2.05) is 25.1 Å². The van der Waals surface area contributed by atoms with Crippen molar-refractivity contribution in [2.45, 2.75) is 13.3 Å². The Morgan fingerprint density at radius 3 is 2.83 bits per heavy atom. The van der Waals surface area contributed by atoms with E-state index in [-0.39, 0.29) is 24.2 Å². The smallest absolute Gasteiger partial charge is 0.231 e. The number of nitrogens with one attached hydrogen (secondary N) is 1. The summed E-state index contributed by atoms with van der Waals surface area (Å²) in [6.07, 6.45) is 1.97. The largest absolute Gasteiger partial charge is 0.311 e. The number of carbonyl (C=O) groups excluding carboxylic acids is 2. The molecule has 0 aliphatic carbocycles. The summed E-state index contributed by atoms with van der Waals surface area (Å²) in [5.74, 6) is -0.0679. The quantitative estimate of drug-likeness (QED) is 0.894. The molecular formula is C16H17BrN4O2. The maximum absolute atomic E-state index is 12.3. The van der Waals surface area contributed by atoms with Crippen molar-refractivity contribution in [1.29, 1.82) is 0 Å². The summed E-state index contributed by atoms with van der Waals surface area (Å²) in [5, 5.41) is 6.89. The molecule has 3 rings (SSSR count). The Balaban J connectivity index is 1.73. The van der Waals surface area contributed by atoms with E-state index in [4.69, 9.17) is 0 Å². The molecule has 7 heteroatoms. The van der Waals surface area contributed by atoms with Crippen molar-refractivity contribution >= 4 is 39.2 Å². The van der Waals surface area contributed by atoms with Crippen LogP contribution in [-0.4, -0.2) is 28.1 Å². The zero-order valence-electron chi connectivity index (χ0n) is 12.9. The number of hydrogen-bond donors (Lipinski definition) is 1. The first-order chi connectivity index (χ1) is 10.9. The van der Waals surface area contributed by atoms with E-state index in [2.05, 4.69) is 26.3 Å². The predicted octanol–water partition coefficient (Wildman–Crippen LogP) is 2.48. The Kier molecular flexibility index (Phi) is 4.21. The van der Waals surface area contributed by atoms with Crippen LogP contribution in [0.4, 0.5) is 11.5 Å². The minimum absolute atomic E-state index is 0.0309. The van der Waals surface area contributed by atoms with Crippen LogP contribution >= 0.6 is 15.9 Å². The SMILES string of the molecule is Cc1cc(Br)ccc1N1CC(C(=O)Nc2ccn(C)n2)CC1=O. The number of aryl methyl sites for hydroxylation is 2. The lowest BCUT2D eigenvalue weighted by atomic mass is 10.1. The van der Waals surface area contributed by atoms with Crippen molar-refractivity contribution < 1.29 is 9.59 Å². The molecule has 1 atom stereocenters. The van der Waals surface area contributed by atoms with Gasteiger partial charge in [0.2, 0.25) is 11.8 Å². The van der Waals surface area contributed by atoms with Gasteiger partial charge in [-0.3, -0.25) is 14.3 Å². The second-order valence-electron chi connectivity index (χ2n) is 5.70. The molecule has 6 nitrogen and oxygen atoms in total. The van der Waals surface area contributed by atoms with Gasteiger partial charge in [0.05, 0.1) is 5.92 Å². The van der Waals surface area contributed by atoms with Gasteiger partial charge in [-0.2, -0.15) is 5.10 Å². The van der Waals surface area contributed by atoms with Gasteiger partial charge in [-0.05, 0) is 30.7 Å².